The number of hydrogen-bond acceptors (Lipinski definition) is 7. The smallest absolute Gasteiger partial charge is 0.295 e. The molecule has 2 N–H and O–H groups in total. The molecule has 156 valence electrons. The highest BCUT2D eigenvalue weighted by molar-refractivity contribution is 6.46. The Balaban J connectivity index is 2.17. The summed E-state index contributed by atoms with van der Waals surface area (Å²) in [6.07, 6.45) is 0.209. The summed E-state index contributed by atoms with van der Waals surface area (Å²) in [7, 11) is 1.49. The number of hydrogen-bond donors (Lipinski definition) is 2. The van der Waals surface area contributed by atoms with Crippen molar-refractivity contribution in [3.63, 3.8) is 0 Å². The summed E-state index contributed by atoms with van der Waals surface area (Å²) >= 11 is 0. The van der Waals surface area contributed by atoms with Crippen LogP contribution >= 0.6 is 0 Å². The standard InChI is InChI=1S/C21H20N2O7/c1-30-16-8-6-13(7-9-16)19(25)17-18(14-4-2-5-15(12-14)23(28)29)22(10-3-11-24)21(27)20(17)26/h2,4-9,12,18,24-25H,3,10-11H2,1H3/b19-17-. The van der Waals surface area contributed by atoms with Crippen LogP contribution in [0.5, 0.6) is 5.75 Å². The van der Waals surface area contributed by atoms with Crippen LogP contribution in [0, 0.1) is 10.1 Å². The largest absolute Gasteiger partial charge is 0.507 e. The quantitative estimate of drug-likeness (QED) is 0.235. The zero-order valence-electron chi connectivity index (χ0n) is 16.1. The first-order valence-electron chi connectivity index (χ1n) is 9.17. The molecule has 1 aliphatic heterocycles. The molecule has 0 aliphatic carbocycles. The van der Waals surface area contributed by atoms with Crippen LogP contribution in [-0.2, 0) is 9.59 Å². The molecule has 2 aromatic rings. The van der Waals surface area contributed by atoms with Crippen LogP contribution in [0.1, 0.15) is 23.6 Å². The maximum Gasteiger partial charge on any atom is 0.295 e. The Bertz CT molecular complexity index is 1010. The first-order chi connectivity index (χ1) is 14.4. The van der Waals surface area contributed by atoms with E-state index in [9.17, 15) is 24.8 Å². The first kappa shape index (κ1) is 21.0. The van der Waals surface area contributed by atoms with Gasteiger partial charge < -0.3 is 19.8 Å². The minimum Gasteiger partial charge on any atom is -0.507 e. The summed E-state index contributed by atoms with van der Waals surface area (Å²) in [5, 5.41) is 31.3. The lowest BCUT2D eigenvalue weighted by Crippen LogP contribution is -2.31. The van der Waals surface area contributed by atoms with Crippen LogP contribution in [0.2, 0.25) is 0 Å². The molecule has 0 aromatic heterocycles. The number of benzene rings is 2. The SMILES string of the molecule is COc1ccc(/C(O)=C2/C(=O)C(=O)N(CCCO)C2c2cccc([N+](=O)[O-])c2)cc1. The summed E-state index contributed by atoms with van der Waals surface area (Å²) in [6, 6.07) is 10.8. The summed E-state index contributed by atoms with van der Waals surface area (Å²) in [4.78, 5) is 37.3. The highest BCUT2D eigenvalue weighted by Crippen LogP contribution is 2.40. The van der Waals surface area contributed by atoms with Crippen molar-refractivity contribution in [2.75, 3.05) is 20.3 Å². The molecule has 0 bridgehead atoms. The summed E-state index contributed by atoms with van der Waals surface area (Å²) < 4.78 is 5.09. The van der Waals surface area contributed by atoms with Crippen molar-refractivity contribution in [2.45, 2.75) is 12.5 Å². The van der Waals surface area contributed by atoms with Crippen LogP contribution in [0.15, 0.2) is 54.1 Å². The minimum absolute atomic E-state index is 0.0494. The zero-order valence-corrected chi connectivity index (χ0v) is 16.1. The number of rotatable bonds is 7. The number of nitro groups is 1. The van der Waals surface area contributed by atoms with Crippen molar-refractivity contribution in [1.82, 2.24) is 4.90 Å². The van der Waals surface area contributed by atoms with Gasteiger partial charge in [-0.05, 0) is 36.2 Å². The fourth-order valence-electron chi connectivity index (χ4n) is 3.41. The van der Waals surface area contributed by atoms with E-state index in [1.54, 1.807) is 30.3 Å². The molecule has 1 saturated heterocycles. The van der Waals surface area contributed by atoms with Gasteiger partial charge >= 0.3 is 0 Å². The van der Waals surface area contributed by atoms with Crippen molar-refractivity contribution in [2.24, 2.45) is 0 Å². The number of ether oxygens (including phenoxy) is 1. The Morgan fingerprint density at radius 2 is 1.90 bits per heavy atom. The van der Waals surface area contributed by atoms with Gasteiger partial charge in [-0.2, -0.15) is 0 Å². The summed E-state index contributed by atoms with van der Waals surface area (Å²) in [5.74, 6) is -1.57. The van der Waals surface area contributed by atoms with Gasteiger partial charge in [-0.1, -0.05) is 12.1 Å². The van der Waals surface area contributed by atoms with Gasteiger partial charge in [0.05, 0.1) is 23.6 Å². The summed E-state index contributed by atoms with van der Waals surface area (Å²) in [6.45, 7) is -0.156. The van der Waals surface area contributed by atoms with Crippen LogP contribution in [-0.4, -0.2) is 52.0 Å². The number of carbonyl (C=O) groups excluding carboxylic acids is 2. The Morgan fingerprint density at radius 3 is 2.50 bits per heavy atom. The molecule has 1 amide bonds. The van der Waals surface area contributed by atoms with Gasteiger partial charge in [-0.15, -0.1) is 0 Å². The topological polar surface area (TPSA) is 130 Å². The predicted molar refractivity (Wildman–Crippen MR) is 107 cm³/mol. The molecule has 9 nitrogen and oxygen atoms in total. The van der Waals surface area contributed by atoms with Crippen molar-refractivity contribution in [1.29, 1.82) is 0 Å². The number of likely N-dealkylation sites (tertiary alicyclic amines) is 1. The lowest BCUT2D eigenvalue weighted by molar-refractivity contribution is -0.384. The molecular weight excluding hydrogens is 392 g/mol. The zero-order chi connectivity index (χ0) is 21.8. The number of methoxy groups -OCH3 is 1. The Morgan fingerprint density at radius 1 is 1.20 bits per heavy atom. The number of non-ortho nitro benzene ring substituents is 1. The second kappa shape index (κ2) is 8.75. The lowest BCUT2D eigenvalue weighted by atomic mass is 9.95. The van der Waals surface area contributed by atoms with Crippen molar-refractivity contribution in [3.8, 4) is 5.75 Å². The molecular formula is C21H20N2O7. The van der Waals surface area contributed by atoms with Crippen LogP contribution in [0.3, 0.4) is 0 Å². The average molecular weight is 412 g/mol. The molecule has 2 aromatic carbocycles. The van der Waals surface area contributed by atoms with Gasteiger partial charge in [0.2, 0.25) is 0 Å². The van der Waals surface area contributed by atoms with Gasteiger partial charge in [-0.3, -0.25) is 19.7 Å². The molecule has 1 unspecified atom stereocenters. The fourth-order valence-corrected chi connectivity index (χ4v) is 3.41. The maximum absolute atomic E-state index is 12.8. The van der Waals surface area contributed by atoms with Gasteiger partial charge in [0.25, 0.3) is 17.4 Å². The molecule has 3 rings (SSSR count). The molecule has 30 heavy (non-hydrogen) atoms. The van der Waals surface area contributed by atoms with E-state index in [2.05, 4.69) is 0 Å². The average Bonchev–Trinajstić information content (AvgIpc) is 3.02. The number of Topliss-reactive ketones (excluding diaryl/α,β-unsaturated/α-hetero) is 1. The molecule has 1 fully saturated rings. The number of nitro benzene ring substituents is 1. The van der Waals surface area contributed by atoms with E-state index in [0.717, 1.165) is 0 Å². The Kier molecular flexibility index (Phi) is 6.12. The Labute approximate surface area is 172 Å². The highest BCUT2D eigenvalue weighted by Gasteiger charge is 2.46. The normalized spacial score (nSPS) is 17.9. The molecule has 0 radical (unpaired) electrons. The maximum atomic E-state index is 12.8. The molecule has 1 heterocycles. The van der Waals surface area contributed by atoms with E-state index < -0.39 is 22.7 Å². The molecule has 1 aliphatic rings. The third-order valence-electron chi connectivity index (χ3n) is 4.86. The number of ketones is 1. The number of nitrogens with zero attached hydrogens (tertiary/aromatic N) is 2. The van der Waals surface area contributed by atoms with Crippen LogP contribution in [0.4, 0.5) is 5.69 Å². The minimum atomic E-state index is -1.02. The van der Waals surface area contributed by atoms with Crippen LogP contribution < -0.4 is 4.74 Å². The van der Waals surface area contributed by atoms with E-state index in [-0.39, 0.29) is 36.6 Å². The van der Waals surface area contributed by atoms with E-state index >= 15 is 0 Å². The summed E-state index contributed by atoms with van der Waals surface area (Å²) in [5.41, 5.74) is 0.246. The van der Waals surface area contributed by atoms with E-state index in [1.807, 2.05) is 0 Å². The highest BCUT2D eigenvalue weighted by atomic mass is 16.6. The number of amides is 1. The molecule has 0 spiro atoms. The number of carbonyl (C=O) groups is 2. The van der Waals surface area contributed by atoms with Crippen LogP contribution in [0.25, 0.3) is 5.76 Å². The van der Waals surface area contributed by atoms with Gasteiger partial charge in [0.15, 0.2) is 0 Å². The van der Waals surface area contributed by atoms with E-state index in [4.69, 9.17) is 9.84 Å². The van der Waals surface area contributed by atoms with E-state index in [1.165, 1.54) is 30.2 Å². The van der Waals surface area contributed by atoms with E-state index in [0.29, 0.717) is 16.9 Å². The van der Waals surface area contributed by atoms with Crippen molar-refractivity contribution < 1.29 is 29.5 Å². The van der Waals surface area contributed by atoms with Gasteiger partial charge in [0, 0.05) is 30.8 Å². The predicted octanol–water partition coefficient (Wildman–Crippen LogP) is 2.41. The van der Waals surface area contributed by atoms with Gasteiger partial charge in [-0.25, -0.2) is 0 Å². The van der Waals surface area contributed by atoms with Crippen molar-refractivity contribution in [3.05, 3.63) is 75.3 Å². The molecule has 1 atom stereocenters. The second-order valence-corrected chi connectivity index (χ2v) is 6.65. The number of aliphatic hydroxyl groups is 2. The van der Waals surface area contributed by atoms with Gasteiger partial charge in [0.1, 0.15) is 11.5 Å². The fraction of sp³-hybridized carbons (Fsp3) is 0.238. The first-order valence-corrected chi connectivity index (χ1v) is 9.17. The Hall–Kier alpha value is -3.72. The third kappa shape index (κ3) is 3.87. The molecule has 9 heteroatoms. The lowest BCUT2D eigenvalue weighted by Gasteiger charge is -2.25. The molecule has 0 saturated carbocycles. The monoisotopic (exact) mass is 412 g/mol. The second-order valence-electron chi connectivity index (χ2n) is 6.65. The van der Waals surface area contributed by atoms with Crippen molar-refractivity contribution >= 4 is 23.1 Å². The third-order valence-corrected chi connectivity index (χ3v) is 4.86. The number of aliphatic hydroxyl groups excluding tert-OH is 2.